The predicted molar refractivity (Wildman–Crippen MR) is 74.1 cm³/mol. The van der Waals surface area contributed by atoms with E-state index in [-0.39, 0.29) is 10.6 Å². The van der Waals surface area contributed by atoms with Crippen LogP contribution in [0.1, 0.15) is 12.5 Å². The lowest BCUT2D eigenvalue weighted by Crippen LogP contribution is -2.44. The third-order valence-electron chi connectivity index (χ3n) is 2.52. The Bertz CT molecular complexity index is 641. The number of rotatable bonds is 6. The van der Waals surface area contributed by atoms with Gasteiger partial charge in [-0.1, -0.05) is 17.7 Å². The molecule has 1 aromatic rings. The number of carboxylic acids is 1. The van der Waals surface area contributed by atoms with E-state index in [2.05, 4.69) is 0 Å². The molecule has 0 bridgehead atoms. The van der Waals surface area contributed by atoms with Gasteiger partial charge >= 0.3 is 5.97 Å². The summed E-state index contributed by atoms with van der Waals surface area (Å²) in [7, 11) is -3.99. The highest BCUT2D eigenvalue weighted by atomic mass is 35.5. The van der Waals surface area contributed by atoms with Gasteiger partial charge in [-0.2, -0.15) is 0 Å². The monoisotopic (exact) mass is 337 g/mol. The van der Waals surface area contributed by atoms with Gasteiger partial charge in [-0.05, 0) is 12.1 Å². The van der Waals surface area contributed by atoms with Crippen molar-refractivity contribution in [3.05, 3.63) is 34.6 Å². The maximum atomic E-state index is 13.6. The number of nitrogens with one attached hydrogen (secondary N) is 1. The second-order valence-corrected chi connectivity index (χ2v) is 6.86. The molecule has 0 radical (unpaired) electrons. The van der Waals surface area contributed by atoms with E-state index in [1.165, 1.54) is 12.1 Å². The van der Waals surface area contributed by atoms with Crippen LogP contribution in [0.2, 0.25) is 5.02 Å². The van der Waals surface area contributed by atoms with E-state index in [4.69, 9.17) is 16.7 Å². The summed E-state index contributed by atoms with van der Waals surface area (Å²) in [5.41, 5.74) is -0.230. The van der Waals surface area contributed by atoms with Crippen LogP contribution in [0.5, 0.6) is 0 Å². The number of benzene rings is 1. The molecule has 9 heteroatoms. The van der Waals surface area contributed by atoms with Crippen molar-refractivity contribution in [3.8, 4) is 0 Å². The Hall–Kier alpha value is -1.67. The van der Waals surface area contributed by atoms with Crippen LogP contribution in [0.4, 0.5) is 4.39 Å². The maximum Gasteiger partial charge on any atom is 0.327 e. The summed E-state index contributed by atoms with van der Waals surface area (Å²) in [6.07, 6.45) is 0. The van der Waals surface area contributed by atoms with E-state index in [1.54, 1.807) is 0 Å². The lowest BCUT2D eigenvalue weighted by Gasteiger charge is -2.14. The van der Waals surface area contributed by atoms with Crippen LogP contribution < -0.4 is 5.32 Å². The molecule has 0 aliphatic carbocycles. The average molecular weight is 338 g/mol. The van der Waals surface area contributed by atoms with E-state index in [1.807, 2.05) is 5.32 Å². The van der Waals surface area contributed by atoms with Crippen LogP contribution in [-0.4, -0.2) is 37.2 Å². The van der Waals surface area contributed by atoms with Gasteiger partial charge in [-0.3, -0.25) is 4.79 Å². The van der Waals surface area contributed by atoms with Crippen LogP contribution in [0.25, 0.3) is 0 Å². The molecule has 6 nitrogen and oxygen atoms in total. The normalized spacial score (nSPS) is 12.7. The van der Waals surface area contributed by atoms with Crippen LogP contribution in [0, 0.1) is 5.82 Å². The average Bonchev–Trinajstić information content (AvgIpc) is 2.32. The van der Waals surface area contributed by atoms with Crippen molar-refractivity contribution in [2.24, 2.45) is 0 Å². The first-order chi connectivity index (χ1) is 9.62. The smallest absolute Gasteiger partial charge is 0.327 e. The Kier molecular flexibility index (Phi) is 5.68. The van der Waals surface area contributed by atoms with Gasteiger partial charge in [0.1, 0.15) is 11.9 Å². The Labute approximate surface area is 125 Å². The summed E-state index contributed by atoms with van der Waals surface area (Å²) < 4.78 is 37.5. The molecule has 0 aliphatic rings. The Balaban J connectivity index is 2.96. The molecule has 0 spiro atoms. The van der Waals surface area contributed by atoms with Crippen molar-refractivity contribution in [2.45, 2.75) is 18.7 Å². The van der Waals surface area contributed by atoms with Gasteiger partial charge in [0.05, 0.1) is 11.5 Å². The number of carboxylic acid groups (broad SMARTS) is 1. The number of amides is 1. The van der Waals surface area contributed by atoms with E-state index in [0.29, 0.717) is 0 Å². The Morgan fingerprint density at radius 3 is 2.52 bits per heavy atom. The number of sulfone groups is 1. The molecular weight excluding hydrogens is 325 g/mol. The fourth-order valence-corrected chi connectivity index (χ4v) is 3.52. The first-order valence-corrected chi connectivity index (χ1v) is 7.95. The molecule has 0 aromatic heterocycles. The number of halogens is 2. The summed E-state index contributed by atoms with van der Waals surface area (Å²) >= 11 is 5.73. The van der Waals surface area contributed by atoms with E-state index in [9.17, 15) is 22.4 Å². The molecule has 1 aromatic carbocycles. The minimum atomic E-state index is -3.99. The van der Waals surface area contributed by atoms with Crippen LogP contribution in [0.3, 0.4) is 0 Å². The molecule has 0 heterocycles. The molecule has 1 rings (SSSR count). The SMILES string of the molecule is CC(=O)NC(CS(=O)(=O)Cc1c(F)cccc1Cl)C(=O)O. The maximum absolute atomic E-state index is 13.6. The first kappa shape index (κ1) is 17.4. The van der Waals surface area contributed by atoms with Crippen LogP contribution in [0.15, 0.2) is 18.2 Å². The van der Waals surface area contributed by atoms with Gasteiger partial charge in [-0.15, -0.1) is 0 Å². The molecule has 2 N–H and O–H groups in total. The number of carbonyl (C=O) groups is 2. The molecule has 0 fully saturated rings. The lowest BCUT2D eigenvalue weighted by molar-refractivity contribution is -0.140. The number of carbonyl (C=O) groups excluding carboxylic acids is 1. The number of hydrogen-bond acceptors (Lipinski definition) is 4. The van der Waals surface area contributed by atoms with Crippen molar-refractivity contribution in [2.75, 3.05) is 5.75 Å². The summed E-state index contributed by atoms with van der Waals surface area (Å²) in [4.78, 5) is 21.8. The van der Waals surface area contributed by atoms with Gasteiger partial charge in [0.2, 0.25) is 5.91 Å². The summed E-state index contributed by atoms with van der Waals surface area (Å²) in [6.45, 7) is 1.07. The molecule has 0 saturated heterocycles. The predicted octanol–water partition coefficient (Wildman–Crippen LogP) is 0.983. The lowest BCUT2D eigenvalue weighted by atomic mass is 10.2. The van der Waals surface area contributed by atoms with Gasteiger partial charge < -0.3 is 10.4 Å². The number of hydrogen-bond donors (Lipinski definition) is 2. The second-order valence-electron chi connectivity index (χ2n) is 4.35. The third kappa shape index (κ3) is 5.31. The molecule has 1 unspecified atom stereocenters. The quantitative estimate of drug-likeness (QED) is 0.806. The van der Waals surface area contributed by atoms with Crippen LogP contribution >= 0.6 is 11.6 Å². The zero-order valence-electron chi connectivity index (χ0n) is 11.0. The zero-order chi connectivity index (χ0) is 16.2. The molecule has 1 atom stereocenters. The highest BCUT2D eigenvalue weighted by molar-refractivity contribution is 7.90. The van der Waals surface area contributed by atoms with Crippen molar-refractivity contribution < 1.29 is 27.5 Å². The Morgan fingerprint density at radius 1 is 1.43 bits per heavy atom. The fourth-order valence-electron chi connectivity index (χ4n) is 1.62. The highest BCUT2D eigenvalue weighted by Crippen LogP contribution is 2.21. The highest BCUT2D eigenvalue weighted by Gasteiger charge is 2.27. The van der Waals surface area contributed by atoms with E-state index >= 15 is 0 Å². The van der Waals surface area contributed by atoms with Gasteiger partial charge in [0.15, 0.2) is 9.84 Å². The standard InChI is InChI=1S/C12H13ClFNO5S/c1-7(16)15-11(12(17)18)6-21(19,20)5-8-9(13)3-2-4-10(8)14/h2-4,11H,5-6H2,1H3,(H,15,16)(H,17,18). The molecule has 21 heavy (non-hydrogen) atoms. The minimum Gasteiger partial charge on any atom is -0.480 e. The van der Waals surface area contributed by atoms with E-state index in [0.717, 1.165) is 13.0 Å². The van der Waals surface area contributed by atoms with Crippen molar-refractivity contribution in [1.29, 1.82) is 0 Å². The topological polar surface area (TPSA) is 101 Å². The molecule has 116 valence electrons. The summed E-state index contributed by atoms with van der Waals surface area (Å²) in [5.74, 6) is -4.57. The molecular formula is C12H13ClFNO5S. The molecule has 1 amide bonds. The van der Waals surface area contributed by atoms with Gasteiger partial charge in [0, 0.05) is 17.5 Å². The van der Waals surface area contributed by atoms with Crippen molar-refractivity contribution >= 4 is 33.3 Å². The van der Waals surface area contributed by atoms with Crippen molar-refractivity contribution in [1.82, 2.24) is 5.32 Å². The third-order valence-corrected chi connectivity index (χ3v) is 4.45. The van der Waals surface area contributed by atoms with Gasteiger partial charge in [-0.25, -0.2) is 17.6 Å². The fraction of sp³-hybridized carbons (Fsp3) is 0.333. The van der Waals surface area contributed by atoms with Crippen LogP contribution in [-0.2, 0) is 25.2 Å². The summed E-state index contributed by atoms with van der Waals surface area (Å²) in [6, 6.07) is 2.11. The molecule has 0 saturated carbocycles. The van der Waals surface area contributed by atoms with E-state index < -0.39 is 45.1 Å². The van der Waals surface area contributed by atoms with Gasteiger partial charge in [0.25, 0.3) is 0 Å². The largest absolute Gasteiger partial charge is 0.480 e. The first-order valence-electron chi connectivity index (χ1n) is 5.75. The second kappa shape index (κ2) is 6.86. The Morgan fingerprint density at radius 2 is 2.05 bits per heavy atom. The minimum absolute atomic E-state index is 0.0648. The van der Waals surface area contributed by atoms with Crippen molar-refractivity contribution in [3.63, 3.8) is 0 Å². The zero-order valence-corrected chi connectivity index (χ0v) is 12.5. The number of aliphatic carboxylic acids is 1. The summed E-state index contributed by atoms with van der Waals surface area (Å²) in [5, 5.41) is 10.8. The molecule has 0 aliphatic heterocycles.